The summed E-state index contributed by atoms with van der Waals surface area (Å²) in [5, 5.41) is 8.74. The number of rotatable bonds is 7. The van der Waals surface area contributed by atoms with Crippen LogP contribution in [0, 0.1) is 5.92 Å². The molecule has 1 aromatic rings. The van der Waals surface area contributed by atoms with E-state index in [1.54, 1.807) is 0 Å². The first-order valence-corrected chi connectivity index (χ1v) is 7.17. The number of hydrogen-bond donors (Lipinski definition) is 1. The third-order valence-electron chi connectivity index (χ3n) is 2.70. The third kappa shape index (κ3) is 5.00. The monoisotopic (exact) mass is 267 g/mol. The summed E-state index contributed by atoms with van der Waals surface area (Å²) >= 11 is 1.82. The Hall–Kier alpha value is -1.16. The van der Waals surface area contributed by atoms with E-state index < -0.39 is 5.97 Å². The van der Waals surface area contributed by atoms with Crippen molar-refractivity contribution in [1.82, 2.24) is 0 Å². The van der Waals surface area contributed by atoms with E-state index in [0.717, 1.165) is 18.0 Å². The smallest absolute Gasteiger partial charge is 0.303 e. The van der Waals surface area contributed by atoms with Gasteiger partial charge in [-0.2, -0.15) is 0 Å². The standard InChI is InChI=1S/C14H21NO2S/c1-4-18-13-7-5-12(6-8-13)15(3)10-11(2)9-14(16)17/h5-8,11H,4,9-10H2,1-3H3,(H,16,17). The number of nitrogens with zero attached hydrogens (tertiary/aromatic N) is 1. The van der Waals surface area contributed by atoms with Crippen molar-refractivity contribution in [3.05, 3.63) is 24.3 Å². The van der Waals surface area contributed by atoms with Crippen LogP contribution in [0.15, 0.2) is 29.2 Å². The number of carboxylic acid groups (broad SMARTS) is 1. The van der Waals surface area contributed by atoms with Gasteiger partial charge in [0.05, 0.1) is 0 Å². The molecule has 4 heteroatoms. The zero-order valence-electron chi connectivity index (χ0n) is 11.2. The fourth-order valence-electron chi connectivity index (χ4n) is 1.90. The third-order valence-corrected chi connectivity index (χ3v) is 3.59. The van der Waals surface area contributed by atoms with Gasteiger partial charge in [-0.15, -0.1) is 11.8 Å². The molecule has 1 N–H and O–H groups in total. The summed E-state index contributed by atoms with van der Waals surface area (Å²) < 4.78 is 0. The molecule has 0 saturated carbocycles. The Morgan fingerprint density at radius 3 is 2.50 bits per heavy atom. The van der Waals surface area contributed by atoms with E-state index in [9.17, 15) is 4.79 Å². The molecule has 0 amide bonds. The number of aliphatic carboxylic acids is 1. The number of hydrogen-bond acceptors (Lipinski definition) is 3. The summed E-state index contributed by atoms with van der Waals surface area (Å²) in [5.74, 6) is 0.493. The minimum Gasteiger partial charge on any atom is -0.481 e. The minimum atomic E-state index is -0.731. The van der Waals surface area contributed by atoms with Crippen LogP contribution < -0.4 is 4.90 Å². The van der Waals surface area contributed by atoms with Crippen molar-refractivity contribution in [3.8, 4) is 0 Å². The maximum absolute atomic E-state index is 10.6. The lowest BCUT2D eigenvalue weighted by molar-refractivity contribution is -0.137. The first-order chi connectivity index (χ1) is 8.52. The van der Waals surface area contributed by atoms with Crippen LogP contribution in [-0.4, -0.2) is 30.4 Å². The van der Waals surface area contributed by atoms with Crippen molar-refractivity contribution in [2.45, 2.75) is 25.2 Å². The number of carbonyl (C=O) groups is 1. The molecule has 0 aliphatic carbocycles. The van der Waals surface area contributed by atoms with Gasteiger partial charge in [-0.05, 0) is 35.9 Å². The lowest BCUT2D eigenvalue weighted by atomic mass is 10.1. The molecule has 1 aromatic carbocycles. The van der Waals surface area contributed by atoms with Crippen LogP contribution in [0.25, 0.3) is 0 Å². The van der Waals surface area contributed by atoms with Crippen molar-refractivity contribution < 1.29 is 9.90 Å². The summed E-state index contributed by atoms with van der Waals surface area (Å²) in [4.78, 5) is 14.0. The van der Waals surface area contributed by atoms with Gasteiger partial charge in [-0.3, -0.25) is 4.79 Å². The van der Waals surface area contributed by atoms with Crippen LogP contribution in [0.4, 0.5) is 5.69 Å². The zero-order valence-corrected chi connectivity index (χ0v) is 12.0. The van der Waals surface area contributed by atoms with Crippen molar-refractivity contribution in [1.29, 1.82) is 0 Å². The highest BCUT2D eigenvalue weighted by atomic mass is 32.2. The average Bonchev–Trinajstić information content (AvgIpc) is 2.29. The van der Waals surface area contributed by atoms with E-state index >= 15 is 0 Å². The molecule has 0 spiro atoms. The van der Waals surface area contributed by atoms with Gasteiger partial charge in [0.15, 0.2) is 0 Å². The molecule has 1 rings (SSSR count). The lowest BCUT2D eigenvalue weighted by Crippen LogP contribution is -2.25. The number of benzene rings is 1. The van der Waals surface area contributed by atoms with Gasteiger partial charge in [-0.25, -0.2) is 0 Å². The fourth-order valence-corrected chi connectivity index (χ4v) is 2.56. The van der Waals surface area contributed by atoms with E-state index in [1.807, 2.05) is 25.7 Å². The highest BCUT2D eigenvalue weighted by molar-refractivity contribution is 7.99. The Balaban J connectivity index is 2.55. The molecule has 0 aliphatic rings. The Morgan fingerprint density at radius 2 is 2.00 bits per heavy atom. The van der Waals surface area contributed by atoms with Crippen LogP contribution in [0.1, 0.15) is 20.3 Å². The quantitative estimate of drug-likeness (QED) is 0.769. The second-order valence-corrected chi connectivity index (χ2v) is 5.85. The highest BCUT2D eigenvalue weighted by Gasteiger charge is 2.10. The van der Waals surface area contributed by atoms with Crippen molar-refractivity contribution in [2.75, 3.05) is 24.2 Å². The number of carboxylic acids is 1. The molecule has 0 bridgehead atoms. The zero-order chi connectivity index (χ0) is 13.5. The molecule has 0 heterocycles. The van der Waals surface area contributed by atoms with Crippen LogP contribution in [-0.2, 0) is 4.79 Å². The van der Waals surface area contributed by atoms with Crippen LogP contribution >= 0.6 is 11.8 Å². The van der Waals surface area contributed by atoms with Crippen molar-refractivity contribution in [2.24, 2.45) is 5.92 Å². The predicted molar refractivity (Wildman–Crippen MR) is 77.5 cm³/mol. The van der Waals surface area contributed by atoms with E-state index in [4.69, 9.17) is 5.11 Å². The molecule has 100 valence electrons. The minimum absolute atomic E-state index is 0.150. The molecular weight excluding hydrogens is 246 g/mol. The Bertz CT molecular complexity index is 378. The largest absolute Gasteiger partial charge is 0.481 e. The van der Waals surface area contributed by atoms with Gasteiger partial charge in [0.1, 0.15) is 0 Å². The molecule has 1 atom stereocenters. The summed E-state index contributed by atoms with van der Waals surface area (Å²) in [7, 11) is 2.00. The lowest BCUT2D eigenvalue weighted by Gasteiger charge is -2.22. The highest BCUT2D eigenvalue weighted by Crippen LogP contribution is 2.22. The van der Waals surface area contributed by atoms with Gasteiger partial charge >= 0.3 is 5.97 Å². The maximum atomic E-state index is 10.6. The second-order valence-electron chi connectivity index (χ2n) is 4.51. The first kappa shape index (κ1) is 14.9. The van der Waals surface area contributed by atoms with Crippen LogP contribution in [0.3, 0.4) is 0 Å². The average molecular weight is 267 g/mol. The molecular formula is C14H21NO2S. The Kier molecular flexibility index (Phi) is 6.05. The van der Waals surface area contributed by atoms with Gasteiger partial charge in [0.2, 0.25) is 0 Å². The topological polar surface area (TPSA) is 40.5 Å². The van der Waals surface area contributed by atoms with Gasteiger partial charge in [0, 0.05) is 30.6 Å². The molecule has 18 heavy (non-hydrogen) atoms. The predicted octanol–water partition coefficient (Wildman–Crippen LogP) is 3.35. The summed E-state index contributed by atoms with van der Waals surface area (Å²) in [6.07, 6.45) is 0.216. The SMILES string of the molecule is CCSc1ccc(N(C)CC(C)CC(=O)O)cc1. The summed E-state index contributed by atoms with van der Waals surface area (Å²) in [6.45, 7) is 4.86. The molecule has 0 fully saturated rings. The molecule has 0 radical (unpaired) electrons. The van der Waals surface area contributed by atoms with Crippen LogP contribution in [0.2, 0.25) is 0 Å². The molecule has 1 unspecified atom stereocenters. The molecule has 0 aliphatic heterocycles. The van der Waals surface area contributed by atoms with E-state index in [1.165, 1.54) is 4.90 Å². The molecule has 0 aromatic heterocycles. The molecule has 3 nitrogen and oxygen atoms in total. The maximum Gasteiger partial charge on any atom is 0.303 e. The summed E-state index contributed by atoms with van der Waals surface area (Å²) in [6, 6.07) is 8.40. The number of thioether (sulfide) groups is 1. The van der Waals surface area contributed by atoms with Gasteiger partial charge < -0.3 is 10.0 Å². The van der Waals surface area contributed by atoms with Crippen molar-refractivity contribution in [3.63, 3.8) is 0 Å². The Labute approximate surface area is 113 Å². The van der Waals surface area contributed by atoms with Gasteiger partial charge in [0.25, 0.3) is 0 Å². The van der Waals surface area contributed by atoms with Crippen LogP contribution in [0.5, 0.6) is 0 Å². The fraction of sp³-hybridized carbons (Fsp3) is 0.500. The van der Waals surface area contributed by atoms with E-state index in [0.29, 0.717) is 0 Å². The number of anilines is 1. The normalized spacial score (nSPS) is 12.2. The van der Waals surface area contributed by atoms with E-state index in [2.05, 4.69) is 36.1 Å². The Morgan fingerprint density at radius 1 is 1.39 bits per heavy atom. The van der Waals surface area contributed by atoms with Gasteiger partial charge in [-0.1, -0.05) is 13.8 Å². The van der Waals surface area contributed by atoms with E-state index in [-0.39, 0.29) is 12.3 Å². The van der Waals surface area contributed by atoms with Crippen molar-refractivity contribution >= 4 is 23.4 Å². The summed E-state index contributed by atoms with van der Waals surface area (Å²) in [5.41, 5.74) is 1.13. The molecule has 0 saturated heterocycles. The second kappa shape index (κ2) is 7.31. The first-order valence-electron chi connectivity index (χ1n) is 6.18.